The normalized spacial score (nSPS) is 22.0. The molecule has 0 unspecified atom stereocenters. The Morgan fingerprint density at radius 2 is 2.00 bits per heavy atom. The molecule has 118 valence electrons. The number of rotatable bonds is 5. The molecule has 0 spiro atoms. The number of aromatic nitrogens is 7. The Bertz CT molecular complexity index is 594. The number of piperidine rings is 1. The zero-order valence-corrected chi connectivity index (χ0v) is 12.9. The Morgan fingerprint density at radius 1 is 1.18 bits per heavy atom. The summed E-state index contributed by atoms with van der Waals surface area (Å²) in [6, 6.07) is 0.834. The summed E-state index contributed by atoms with van der Waals surface area (Å²) in [5.41, 5.74) is 0. The molecular weight excluding hydrogens is 280 g/mol. The molecule has 22 heavy (non-hydrogen) atoms. The first-order valence-electron chi connectivity index (χ1n) is 8.17. The van der Waals surface area contributed by atoms with Crippen molar-refractivity contribution in [3.8, 4) is 0 Å². The molecule has 2 aromatic rings. The molecule has 1 aliphatic carbocycles. The van der Waals surface area contributed by atoms with Gasteiger partial charge in [-0.2, -0.15) is 0 Å². The van der Waals surface area contributed by atoms with Crippen LogP contribution in [0.4, 0.5) is 0 Å². The van der Waals surface area contributed by atoms with E-state index in [0.717, 1.165) is 25.5 Å². The quantitative estimate of drug-likeness (QED) is 0.822. The standard InChI is InChI=1S/C14H22N8/c1-11(14-16-17-19-22(14)13-2-3-13)20-7-4-12(5-8-20)10-21-9-6-15-18-21/h6,9,11-13H,2-5,7-8,10H2,1H3/t11-/m0/s1. The van der Waals surface area contributed by atoms with Crippen molar-refractivity contribution in [1.29, 1.82) is 0 Å². The zero-order chi connectivity index (χ0) is 14.9. The van der Waals surface area contributed by atoms with Crippen LogP contribution in [0.5, 0.6) is 0 Å². The van der Waals surface area contributed by atoms with Crippen LogP contribution < -0.4 is 0 Å². The van der Waals surface area contributed by atoms with Gasteiger partial charge in [-0.1, -0.05) is 5.21 Å². The Kier molecular flexibility index (Phi) is 3.61. The van der Waals surface area contributed by atoms with Gasteiger partial charge in [0.1, 0.15) is 0 Å². The molecule has 0 aromatic carbocycles. The van der Waals surface area contributed by atoms with E-state index in [2.05, 4.69) is 37.7 Å². The summed E-state index contributed by atoms with van der Waals surface area (Å²) in [5, 5.41) is 20.3. The van der Waals surface area contributed by atoms with Crippen LogP contribution in [0.1, 0.15) is 50.5 Å². The lowest BCUT2D eigenvalue weighted by Gasteiger charge is -2.35. The third kappa shape index (κ3) is 2.75. The fraction of sp³-hybridized carbons (Fsp3) is 0.786. The summed E-state index contributed by atoms with van der Waals surface area (Å²) < 4.78 is 3.98. The molecule has 0 radical (unpaired) electrons. The molecule has 0 bridgehead atoms. The highest BCUT2D eigenvalue weighted by molar-refractivity contribution is 4.97. The lowest BCUT2D eigenvalue weighted by atomic mass is 9.96. The molecule has 0 amide bonds. The van der Waals surface area contributed by atoms with Crippen molar-refractivity contribution in [2.45, 2.75) is 51.2 Å². The molecule has 1 aliphatic heterocycles. The van der Waals surface area contributed by atoms with Gasteiger partial charge in [-0.05, 0) is 62.0 Å². The lowest BCUT2D eigenvalue weighted by Crippen LogP contribution is -2.37. The molecule has 8 heteroatoms. The van der Waals surface area contributed by atoms with E-state index < -0.39 is 0 Å². The van der Waals surface area contributed by atoms with E-state index in [4.69, 9.17) is 0 Å². The van der Waals surface area contributed by atoms with Gasteiger partial charge in [0.05, 0.1) is 18.3 Å². The van der Waals surface area contributed by atoms with Crippen LogP contribution in [0, 0.1) is 5.92 Å². The zero-order valence-electron chi connectivity index (χ0n) is 12.9. The van der Waals surface area contributed by atoms with E-state index >= 15 is 0 Å². The van der Waals surface area contributed by atoms with Crippen LogP contribution in [0.25, 0.3) is 0 Å². The molecular formula is C14H22N8. The second-order valence-corrected chi connectivity index (χ2v) is 6.49. The van der Waals surface area contributed by atoms with Crippen LogP contribution in [0.2, 0.25) is 0 Å². The fourth-order valence-electron chi connectivity index (χ4n) is 3.34. The third-order valence-electron chi connectivity index (χ3n) is 4.90. The van der Waals surface area contributed by atoms with Crippen molar-refractivity contribution in [3.05, 3.63) is 18.2 Å². The van der Waals surface area contributed by atoms with Crippen molar-refractivity contribution >= 4 is 0 Å². The van der Waals surface area contributed by atoms with Gasteiger partial charge < -0.3 is 0 Å². The first kappa shape index (κ1) is 13.8. The number of tetrazole rings is 1. The molecule has 2 fully saturated rings. The highest BCUT2D eigenvalue weighted by Gasteiger charge is 2.32. The van der Waals surface area contributed by atoms with Crippen LogP contribution in [-0.4, -0.2) is 53.2 Å². The minimum absolute atomic E-state index is 0.294. The summed E-state index contributed by atoms with van der Waals surface area (Å²) in [4.78, 5) is 2.50. The Labute approximate surface area is 129 Å². The van der Waals surface area contributed by atoms with Crippen LogP contribution >= 0.6 is 0 Å². The largest absolute Gasteiger partial charge is 0.294 e. The maximum absolute atomic E-state index is 4.27. The van der Waals surface area contributed by atoms with Gasteiger partial charge in [0.25, 0.3) is 0 Å². The average Bonchev–Trinajstić information content (AvgIpc) is 3.06. The summed E-state index contributed by atoms with van der Waals surface area (Å²) in [5.74, 6) is 1.71. The van der Waals surface area contributed by atoms with E-state index in [-0.39, 0.29) is 0 Å². The Morgan fingerprint density at radius 3 is 2.68 bits per heavy atom. The molecule has 2 aliphatic rings. The van der Waals surface area contributed by atoms with Gasteiger partial charge in [0.15, 0.2) is 5.82 Å². The van der Waals surface area contributed by atoms with Gasteiger partial charge >= 0.3 is 0 Å². The molecule has 3 heterocycles. The second kappa shape index (κ2) is 5.75. The highest BCUT2D eigenvalue weighted by Crippen LogP contribution is 2.36. The Hall–Kier alpha value is -1.83. The van der Waals surface area contributed by atoms with Crippen molar-refractivity contribution in [1.82, 2.24) is 40.1 Å². The van der Waals surface area contributed by atoms with Crippen molar-refractivity contribution < 1.29 is 0 Å². The van der Waals surface area contributed by atoms with Crippen LogP contribution in [0.15, 0.2) is 12.4 Å². The summed E-state index contributed by atoms with van der Waals surface area (Å²) >= 11 is 0. The third-order valence-corrected chi connectivity index (χ3v) is 4.90. The molecule has 1 saturated heterocycles. The van der Waals surface area contributed by atoms with Gasteiger partial charge in [0, 0.05) is 12.7 Å². The molecule has 2 aromatic heterocycles. The van der Waals surface area contributed by atoms with Crippen molar-refractivity contribution in [2.75, 3.05) is 13.1 Å². The van der Waals surface area contributed by atoms with Gasteiger partial charge in [0.2, 0.25) is 0 Å². The molecule has 8 nitrogen and oxygen atoms in total. The molecule has 1 saturated carbocycles. The summed E-state index contributed by atoms with van der Waals surface area (Å²) in [7, 11) is 0. The minimum atomic E-state index is 0.294. The fourth-order valence-corrected chi connectivity index (χ4v) is 3.34. The van der Waals surface area contributed by atoms with E-state index in [1.165, 1.54) is 25.7 Å². The van der Waals surface area contributed by atoms with E-state index in [1.54, 1.807) is 6.20 Å². The highest BCUT2D eigenvalue weighted by atomic mass is 15.6. The van der Waals surface area contributed by atoms with Crippen molar-refractivity contribution in [2.24, 2.45) is 5.92 Å². The first-order valence-corrected chi connectivity index (χ1v) is 8.17. The van der Waals surface area contributed by atoms with E-state index in [1.807, 2.05) is 15.6 Å². The number of hydrogen-bond acceptors (Lipinski definition) is 6. The number of nitrogens with zero attached hydrogens (tertiary/aromatic N) is 8. The topological polar surface area (TPSA) is 77.5 Å². The summed E-state index contributed by atoms with van der Waals surface area (Å²) in [6.07, 6.45) is 8.49. The lowest BCUT2D eigenvalue weighted by molar-refractivity contribution is 0.124. The Balaban J connectivity index is 1.35. The number of likely N-dealkylation sites (tertiary alicyclic amines) is 1. The van der Waals surface area contributed by atoms with E-state index in [9.17, 15) is 0 Å². The minimum Gasteiger partial charge on any atom is -0.294 e. The maximum atomic E-state index is 4.27. The molecule has 1 atom stereocenters. The number of hydrogen-bond donors (Lipinski definition) is 0. The van der Waals surface area contributed by atoms with Crippen molar-refractivity contribution in [3.63, 3.8) is 0 Å². The maximum Gasteiger partial charge on any atom is 0.168 e. The van der Waals surface area contributed by atoms with Crippen LogP contribution in [-0.2, 0) is 6.54 Å². The average molecular weight is 302 g/mol. The van der Waals surface area contributed by atoms with Gasteiger partial charge in [-0.15, -0.1) is 10.2 Å². The van der Waals surface area contributed by atoms with Gasteiger partial charge in [-0.25, -0.2) is 4.68 Å². The second-order valence-electron chi connectivity index (χ2n) is 6.49. The first-order chi connectivity index (χ1) is 10.8. The smallest absolute Gasteiger partial charge is 0.168 e. The SMILES string of the molecule is C[C@@H](c1nnnn1C1CC1)N1CCC(Cn2ccnn2)CC1. The summed E-state index contributed by atoms with van der Waals surface area (Å²) in [6.45, 7) is 5.39. The van der Waals surface area contributed by atoms with Crippen LogP contribution in [0.3, 0.4) is 0 Å². The predicted octanol–water partition coefficient (Wildman–Crippen LogP) is 1.07. The molecule has 4 rings (SSSR count). The molecule has 0 N–H and O–H groups in total. The monoisotopic (exact) mass is 302 g/mol. The van der Waals surface area contributed by atoms with Gasteiger partial charge in [-0.3, -0.25) is 9.58 Å². The predicted molar refractivity (Wildman–Crippen MR) is 78.8 cm³/mol. The van der Waals surface area contributed by atoms with E-state index in [0.29, 0.717) is 18.0 Å².